The fourth-order valence-electron chi connectivity index (χ4n) is 4.60. The highest BCUT2D eigenvalue weighted by Crippen LogP contribution is 2.33. The van der Waals surface area contributed by atoms with Gasteiger partial charge in [0.15, 0.2) is 4.80 Å². The van der Waals surface area contributed by atoms with E-state index in [-0.39, 0.29) is 12.2 Å². The van der Waals surface area contributed by atoms with E-state index in [1.807, 2.05) is 61.7 Å². The Bertz CT molecular complexity index is 1690. The van der Waals surface area contributed by atoms with Gasteiger partial charge in [-0.2, -0.15) is 0 Å². The van der Waals surface area contributed by atoms with Gasteiger partial charge in [-0.1, -0.05) is 35.1 Å². The van der Waals surface area contributed by atoms with E-state index in [4.69, 9.17) is 16.3 Å². The lowest BCUT2D eigenvalue weighted by Gasteiger charge is -2.23. The van der Waals surface area contributed by atoms with Gasteiger partial charge in [0.1, 0.15) is 6.04 Å². The van der Waals surface area contributed by atoms with Crippen LogP contribution in [0, 0.1) is 13.8 Å². The molecule has 36 heavy (non-hydrogen) atoms. The molecular weight excluding hydrogens is 514 g/mol. The van der Waals surface area contributed by atoms with E-state index in [0.29, 0.717) is 25.6 Å². The zero-order valence-electron chi connectivity index (χ0n) is 20.2. The maximum atomic E-state index is 13.8. The third-order valence-corrected chi connectivity index (χ3v) is 8.30. The highest BCUT2D eigenvalue weighted by atomic mass is 35.5. The van der Waals surface area contributed by atoms with E-state index in [0.717, 1.165) is 27.5 Å². The van der Waals surface area contributed by atoms with E-state index in [1.54, 1.807) is 18.4 Å². The highest BCUT2D eigenvalue weighted by Gasteiger charge is 2.33. The van der Waals surface area contributed by atoms with E-state index in [2.05, 4.69) is 15.6 Å². The minimum absolute atomic E-state index is 0.181. The van der Waals surface area contributed by atoms with Gasteiger partial charge in [-0.05, 0) is 75.0 Å². The summed E-state index contributed by atoms with van der Waals surface area (Å²) in [6.45, 7) is 7.86. The molecule has 0 spiro atoms. The maximum absolute atomic E-state index is 13.8. The Hall–Kier alpha value is -3.20. The molecule has 0 radical (unpaired) electrons. The Balaban J connectivity index is 1.68. The predicted octanol–water partition coefficient (Wildman–Crippen LogP) is 4.92. The zero-order chi connectivity index (χ0) is 25.6. The molecule has 1 aliphatic rings. The van der Waals surface area contributed by atoms with Crippen LogP contribution in [0.3, 0.4) is 0 Å². The average molecular weight is 538 g/mol. The van der Waals surface area contributed by atoms with Gasteiger partial charge >= 0.3 is 5.97 Å². The molecule has 0 unspecified atom stereocenters. The summed E-state index contributed by atoms with van der Waals surface area (Å²) in [4.78, 5) is 32.8. The molecule has 0 saturated heterocycles. The molecule has 3 aromatic heterocycles. The highest BCUT2D eigenvalue weighted by molar-refractivity contribution is 7.10. The molecule has 0 amide bonds. The lowest BCUT2D eigenvalue weighted by Crippen LogP contribution is -2.39. The molecule has 1 atom stereocenters. The molecule has 184 valence electrons. The fraction of sp³-hybridized carbons (Fsp3) is 0.222. The SMILES string of the molecule is CCOC(=O)C1=C(C)N=c2s/c(=C/c3cc(C)n(-c4cccc(Cl)c4)c3C)c(=O)n2[C@H]1c1cccs1. The minimum atomic E-state index is -0.568. The van der Waals surface area contributed by atoms with Crippen molar-refractivity contribution in [1.82, 2.24) is 9.13 Å². The van der Waals surface area contributed by atoms with Crippen LogP contribution in [0.15, 0.2) is 68.9 Å². The third-order valence-electron chi connectivity index (χ3n) is 6.15. The number of aryl methyl sites for hydroxylation is 1. The number of carbonyl (C=O) groups excluding carboxylic acids is 1. The smallest absolute Gasteiger partial charge is 0.338 e. The van der Waals surface area contributed by atoms with Crippen LogP contribution in [-0.2, 0) is 9.53 Å². The van der Waals surface area contributed by atoms with E-state index in [9.17, 15) is 9.59 Å². The lowest BCUT2D eigenvalue weighted by atomic mass is 10.0. The van der Waals surface area contributed by atoms with Gasteiger partial charge in [0.25, 0.3) is 5.56 Å². The summed E-state index contributed by atoms with van der Waals surface area (Å²) < 4.78 is 9.63. The Morgan fingerprint density at radius 3 is 2.69 bits per heavy atom. The van der Waals surface area contributed by atoms with Crippen molar-refractivity contribution >= 4 is 46.3 Å². The molecule has 1 aliphatic heterocycles. The first kappa shape index (κ1) is 24.5. The first-order valence-corrected chi connectivity index (χ1v) is 13.6. The predicted molar refractivity (Wildman–Crippen MR) is 145 cm³/mol. The summed E-state index contributed by atoms with van der Waals surface area (Å²) in [6, 6.07) is 13.0. The second-order valence-electron chi connectivity index (χ2n) is 8.46. The quantitative estimate of drug-likeness (QED) is 0.339. The number of esters is 1. The number of fused-ring (bicyclic) bond motifs is 1. The van der Waals surface area contributed by atoms with Gasteiger partial charge in [0, 0.05) is 27.0 Å². The molecule has 5 rings (SSSR count). The van der Waals surface area contributed by atoms with Crippen molar-refractivity contribution in [3.8, 4) is 5.69 Å². The number of carbonyl (C=O) groups is 1. The van der Waals surface area contributed by atoms with Gasteiger partial charge in [0.05, 0.1) is 22.4 Å². The first-order valence-electron chi connectivity index (χ1n) is 11.5. The molecule has 0 aliphatic carbocycles. The van der Waals surface area contributed by atoms with Gasteiger partial charge in [-0.25, -0.2) is 9.79 Å². The summed E-state index contributed by atoms with van der Waals surface area (Å²) in [7, 11) is 0. The summed E-state index contributed by atoms with van der Waals surface area (Å²) in [5.41, 5.74) is 4.72. The van der Waals surface area contributed by atoms with Crippen LogP contribution in [0.4, 0.5) is 0 Å². The van der Waals surface area contributed by atoms with Crippen molar-refractivity contribution in [1.29, 1.82) is 0 Å². The number of aromatic nitrogens is 2. The average Bonchev–Trinajstić information content (AvgIpc) is 3.53. The van der Waals surface area contributed by atoms with Crippen molar-refractivity contribution in [3.05, 3.63) is 106 Å². The number of nitrogens with zero attached hydrogens (tertiary/aromatic N) is 3. The normalized spacial score (nSPS) is 15.7. The first-order chi connectivity index (χ1) is 17.3. The summed E-state index contributed by atoms with van der Waals surface area (Å²) in [6.07, 6.45) is 1.90. The molecular formula is C27H24ClN3O3S2. The Morgan fingerprint density at radius 1 is 1.19 bits per heavy atom. The summed E-state index contributed by atoms with van der Waals surface area (Å²) >= 11 is 9.05. The van der Waals surface area contributed by atoms with Crippen LogP contribution < -0.4 is 14.9 Å². The van der Waals surface area contributed by atoms with Crippen LogP contribution in [0.2, 0.25) is 5.02 Å². The molecule has 0 bridgehead atoms. The van der Waals surface area contributed by atoms with Gasteiger partial charge in [-0.15, -0.1) is 11.3 Å². The van der Waals surface area contributed by atoms with Crippen LogP contribution in [0.1, 0.15) is 41.7 Å². The topological polar surface area (TPSA) is 65.6 Å². The molecule has 0 N–H and O–H groups in total. The van der Waals surface area contributed by atoms with Crippen LogP contribution in [0.25, 0.3) is 11.8 Å². The number of halogens is 1. The number of hydrogen-bond donors (Lipinski definition) is 0. The number of thiazole rings is 1. The molecule has 1 aromatic carbocycles. The molecule has 4 heterocycles. The number of hydrogen-bond acceptors (Lipinski definition) is 6. The van der Waals surface area contributed by atoms with E-state index in [1.165, 1.54) is 22.7 Å². The molecule has 4 aromatic rings. The number of rotatable bonds is 5. The van der Waals surface area contributed by atoms with E-state index < -0.39 is 12.0 Å². The fourth-order valence-corrected chi connectivity index (χ4v) is 6.64. The van der Waals surface area contributed by atoms with Crippen molar-refractivity contribution in [2.45, 2.75) is 33.7 Å². The number of ether oxygens (including phenoxy) is 1. The number of benzene rings is 1. The molecule has 6 nitrogen and oxygen atoms in total. The third kappa shape index (κ3) is 4.19. The number of thiophene rings is 1. The lowest BCUT2D eigenvalue weighted by molar-refractivity contribution is -0.139. The molecule has 0 fully saturated rings. The zero-order valence-corrected chi connectivity index (χ0v) is 22.6. The monoisotopic (exact) mass is 537 g/mol. The number of allylic oxidation sites excluding steroid dienone is 1. The Labute approximate surface area is 221 Å². The van der Waals surface area contributed by atoms with Crippen LogP contribution in [0.5, 0.6) is 0 Å². The van der Waals surface area contributed by atoms with Crippen molar-refractivity contribution in [2.75, 3.05) is 6.61 Å². The summed E-state index contributed by atoms with van der Waals surface area (Å²) in [5.74, 6) is -0.448. The Morgan fingerprint density at radius 2 is 2.00 bits per heavy atom. The second-order valence-corrected chi connectivity index (χ2v) is 10.9. The second kappa shape index (κ2) is 9.69. The molecule has 9 heteroatoms. The minimum Gasteiger partial charge on any atom is -0.463 e. The van der Waals surface area contributed by atoms with Gasteiger partial charge in [0.2, 0.25) is 0 Å². The van der Waals surface area contributed by atoms with Crippen molar-refractivity contribution in [2.24, 2.45) is 4.99 Å². The van der Waals surface area contributed by atoms with E-state index >= 15 is 0 Å². The van der Waals surface area contributed by atoms with Crippen molar-refractivity contribution < 1.29 is 9.53 Å². The standard InChI is InChI=1S/C27H24ClN3O3S2/c1-5-34-26(33)23-16(3)29-27-31(24(23)21-10-7-11-35-21)25(32)22(36-27)13-18-12-15(2)30(17(18)4)20-9-6-8-19(28)14-20/h6-14,24H,5H2,1-4H3/b22-13+/t24-/m0/s1. The van der Waals surface area contributed by atoms with Crippen molar-refractivity contribution in [3.63, 3.8) is 0 Å². The largest absolute Gasteiger partial charge is 0.463 e. The van der Waals surface area contributed by atoms with Gasteiger partial charge in [-0.3, -0.25) is 9.36 Å². The van der Waals surface area contributed by atoms with Gasteiger partial charge < -0.3 is 9.30 Å². The van der Waals surface area contributed by atoms with Crippen LogP contribution in [-0.4, -0.2) is 21.7 Å². The summed E-state index contributed by atoms with van der Waals surface area (Å²) in [5, 5.41) is 2.60. The van der Waals surface area contributed by atoms with Crippen LogP contribution >= 0.6 is 34.3 Å². The maximum Gasteiger partial charge on any atom is 0.338 e. The Kier molecular flexibility index (Phi) is 6.59. The molecule has 0 saturated carbocycles.